The van der Waals surface area contributed by atoms with Crippen LogP contribution in [-0.2, 0) is 31.0 Å². The maximum atomic E-state index is 12.0. The number of amides is 3. The van der Waals surface area contributed by atoms with Gasteiger partial charge in [-0.05, 0) is 129 Å². The van der Waals surface area contributed by atoms with Gasteiger partial charge in [-0.25, -0.2) is 12.7 Å². The van der Waals surface area contributed by atoms with Crippen LogP contribution in [-0.4, -0.2) is 188 Å². The Bertz CT molecular complexity index is 5120. The number of hydrogen-bond donors (Lipinski definition) is 9. The summed E-state index contributed by atoms with van der Waals surface area (Å²) in [6.07, 6.45) is 23.0. The zero-order valence-corrected chi connectivity index (χ0v) is 62.4. The van der Waals surface area contributed by atoms with Crippen molar-refractivity contribution >= 4 is 163 Å². The first-order chi connectivity index (χ1) is 50.0. The minimum absolute atomic E-state index is 0.0784. The Morgan fingerprint density at radius 2 is 1.01 bits per heavy atom. The summed E-state index contributed by atoms with van der Waals surface area (Å²) >= 11 is 30.9. The molecule has 9 fully saturated rings. The van der Waals surface area contributed by atoms with Crippen molar-refractivity contribution in [3.63, 3.8) is 0 Å². The number of sulfonamides is 1. The smallest absolute Gasteiger partial charge is 0.241 e. The quantitative estimate of drug-likeness (QED) is 0.0683. The first-order valence-electron chi connectivity index (χ1n) is 35.2. The van der Waals surface area contributed by atoms with E-state index < -0.39 is 10.0 Å². The minimum Gasteiger partial charge on any atom is -0.371 e. The Hall–Kier alpha value is -8.41. The molecule has 6 aromatic heterocycles. The average Bonchev–Trinajstić information content (AvgIpc) is 1.04. The van der Waals surface area contributed by atoms with E-state index in [1.807, 2.05) is 96.3 Å². The van der Waals surface area contributed by atoms with Gasteiger partial charge in [0.1, 0.15) is 5.54 Å². The lowest BCUT2D eigenvalue weighted by Gasteiger charge is -2.60. The third kappa shape index (κ3) is 15.0. The third-order valence-electron chi connectivity index (χ3n) is 21.8. The van der Waals surface area contributed by atoms with Crippen molar-refractivity contribution in [2.24, 2.45) is 22.7 Å². The summed E-state index contributed by atoms with van der Waals surface area (Å²) in [5.41, 5.74) is 11.3. The number of piperidine rings is 3. The van der Waals surface area contributed by atoms with Crippen molar-refractivity contribution < 1.29 is 22.8 Å². The highest BCUT2D eigenvalue weighted by molar-refractivity contribution is 7.88. The van der Waals surface area contributed by atoms with Crippen LogP contribution in [0.3, 0.4) is 0 Å². The molecule has 3 spiro atoms. The fourth-order valence-corrected chi connectivity index (χ4v) is 18.3. The summed E-state index contributed by atoms with van der Waals surface area (Å²) < 4.78 is 26.4. The van der Waals surface area contributed by atoms with Gasteiger partial charge in [-0.2, -0.15) is 30.6 Å². The molecule has 0 radical (unpaired) electrons. The van der Waals surface area contributed by atoms with E-state index in [1.165, 1.54) is 16.2 Å². The molecule has 2 atom stereocenters. The number of aromatic amines is 5. The number of carbonyl (C=O) groups is 3. The molecule has 32 heteroatoms. The van der Waals surface area contributed by atoms with Crippen molar-refractivity contribution in [3.8, 4) is 11.1 Å². The molecular weight excluding hydrogens is 1450 g/mol. The SMILES string of the molecule is CC(C)Cn1cc(-c2cc(Cl)cc3[nH]ncc23)cn1.CS(=O)(=O)N1CC2(CN(c3cc(Cl)cc4[nH]ncc34)C2)C1.O=C1CCC2(CCN1)CCN(c1cc(Cl)cc3[nH]ncc13)CC2.O=C1NCNC12CCN(c1cc(Cl)cc3[nH]ncc13)CC2.O=C1N[C@H]2CC[C@@H]1CN(c1cc(Cl)cc3[nH]ncc13)C2. The molecule has 26 nitrogen and oxygen atoms in total. The fraction of sp³-hybridized carbons (Fsp3) is 0.431. The Labute approximate surface area is 625 Å². The standard InChI is InChI=1S/C17H21ClN4O.C14H16ClN5O.C14H15ClN4O.C14H15ClN4.C13H15ClN4O2S/c18-12-9-14-13(11-20-21-14)15(10-12)22-7-4-17(5-8-22)2-1-16(23)19-6-3-17;15-9-5-11-10(7-18-19-11)12(6-9)20-3-1-14(2-4-20)13(21)16-8-17-14;15-9-3-12-11(5-16-18-12)13(4-9)19-6-8-1-2-10(7-19)17-14(8)20;1-9(2)7-19-8-10(5-17-19)12-3-11(15)4-14-13(12)6-16-18-14;1-21(19,20)18-7-13(8-18)5-17(6-13)12-3-9(14)2-11-10(12)4-15-16-11/h9-11H,1-8H2,(H,19,23)(H,20,21);5-7,17H,1-4,8H2,(H,16,21)(H,18,19);3-5,8,10H,1-2,6-7H2,(H,16,18)(H,17,20);3-6,8-9H,7H2,1-2H3,(H,16,18);2-4H,5-8H2,1H3,(H,15,16)/t;;8-,10+;;/m..1../s1. The van der Waals surface area contributed by atoms with Crippen LogP contribution in [0.2, 0.25) is 25.1 Å². The van der Waals surface area contributed by atoms with Gasteiger partial charge in [0.15, 0.2) is 0 Å². The summed E-state index contributed by atoms with van der Waals surface area (Å²) in [7, 11) is -3.05. The highest BCUT2D eigenvalue weighted by atomic mass is 35.5. The van der Waals surface area contributed by atoms with Crippen LogP contribution in [0.5, 0.6) is 0 Å². The van der Waals surface area contributed by atoms with Gasteiger partial charge in [-0.1, -0.05) is 71.9 Å². The van der Waals surface area contributed by atoms with Crippen molar-refractivity contribution in [1.82, 2.24) is 86.3 Å². The molecule has 2 bridgehead atoms. The van der Waals surface area contributed by atoms with Crippen LogP contribution in [0.15, 0.2) is 104 Å². The lowest BCUT2D eigenvalue weighted by molar-refractivity contribution is -0.127. The second-order valence-electron chi connectivity index (χ2n) is 29.4. The summed E-state index contributed by atoms with van der Waals surface area (Å²) in [5, 5.41) is 60.8. The molecule has 15 heterocycles. The number of nitrogens with one attached hydrogen (secondary N) is 9. The number of fused-ring (bicyclic) bond motifs is 9. The van der Waals surface area contributed by atoms with Gasteiger partial charge < -0.3 is 35.6 Å². The van der Waals surface area contributed by atoms with Gasteiger partial charge >= 0.3 is 0 Å². The first-order valence-corrected chi connectivity index (χ1v) is 39.0. The Kier molecular flexibility index (Phi) is 20.0. The van der Waals surface area contributed by atoms with E-state index >= 15 is 0 Å². The van der Waals surface area contributed by atoms with Gasteiger partial charge in [0.05, 0.1) is 83.6 Å². The predicted molar refractivity (Wildman–Crippen MR) is 411 cm³/mol. The average molecular weight is 1530 g/mol. The lowest BCUT2D eigenvalue weighted by Crippen LogP contribution is -2.72. The maximum absolute atomic E-state index is 12.0. The predicted octanol–water partition coefficient (Wildman–Crippen LogP) is 11.3. The first kappa shape index (κ1) is 71.2. The minimum atomic E-state index is -3.05. The fourth-order valence-electron chi connectivity index (χ4n) is 16.2. The number of aromatic nitrogens is 12. The van der Waals surface area contributed by atoms with Gasteiger partial charge in [0.2, 0.25) is 27.7 Å². The highest BCUT2D eigenvalue weighted by Crippen LogP contribution is 2.47. The number of nitrogens with zero attached hydrogens (tertiary/aromatic N) is 12. The van der Waals surface area contributed by atoms with Crippen LogP contribution in [0.25, 0.3) is 65.6 Å². The normalized spacial score (nSPS) is 20.5. The number of halogens is 5. The van der Waals surface area contributed by atoms with Crippen molar-refractivity contribution in [1.29, 1.82) is 0 Å². The van der Waals surface area contributed by atoms with E-state index in [-0.39, 0.29) is 40.6 Å². The zero-order chi connectivity index (χ0) is 72.2. The van der Waals surface area contributed by atoms with Crippen LogP contribution < -0.4 is 40.9 Å². The molecule has 9 N–H and O–H groups in total. The van der Waals surface area contributed by atoms with Crippen LogP contribution in [0.4, 0.5) is 22.7 Å². The molecule has 9 aliphatic heterocycles. The molecule has 0 aliphatic carbocycles. The Morgan fingerprint density at radius 1 is 0.529 bits per heavy atom. The Morgan fingerprint density at radius 3 is 1.50 bits per heavy atom. The van der Waals surface area contributed by atoms with Gasteiger partial charge in [-0.15, -0.1) is 0 Å². The maximum Gasteiger partial charge on any atom is 0.241 e. The molecule has 0 unspecified atom stereocenters. The van der Waals surface area contributed by atoms with Crippen molar-refractivity contribution in [2.75, 3.05) is 105 Å². The van der Waals surface area contributed by atoms with Gasteiger partial charge in [-0.3, -0.25) is 49.9 Å². The van der Waals surface area contributed by atoms with Gasteiger partial charge in [0, 0.05) is 183 Å². The number of rotatable bonds is 8. The summed E-state index contributed by atoms with van der Waals surface area (Å²) in [4.78, 5) is 44.7. The van der Waals surface area contributed by atoms with Crippen LogP contribution in [0, 0.1) is 22.7 Å². The van der Waals surface area contributed by atoms with E-state index in [4.69, 9.17) is 58.0 Å². The van der Waals surface area contributed by atoms with E-state index in [0.717, 1.165) is 205 Å². The molecule has 11 aromatic rings. The topological polar surface area (TPSA) is 311 Å². The van der Waals surface area contributed by atoms with Crippen LogP contribution in [0.1, 0.15) is 71.6 Å². The van der Waals surface area contributed by atoms with Crippen LogP contribution >= 0.6 is 58.0 Å². The second-order valence-corrected chi connectivity index (χ2v) is 33.6. The van der Waals surface area contributed by atoms with Crippen molar-refractivity contribution in [3.05, 3.63) is 129 Å². The molecular formula is C72H82Cl5N21O5S. The largest absolute Gasteiger partial charge is 0.371 e. The summed E-state index contributed by atoms with van der Waals surface area (Å²) in [6.45, 7) is 14.9. The molecule has 546 valence electrons. The summed E-state index contributed by atoms with van der Waals surface area (Å²) in [6, 6.07) is 19.5. The number of hydrogen-bond acceptors (Lipinski definition) is 16. The third-order valence-corrected chi connectivity index (χ3v) is 24.1. The van der Waals surface area contributed by atoms with Crippen molar-refractivity contribution in [2.45, 2.75) is 89.8 Å². The highest BCUT2D eigenvalue weighted by Gasteiger charge is 2.55. The zero-order valence-electron chi connectivity index (χ0n) is 57.8. The Balaban J connectivity index is 0.000000105. The van der Waals surface area contributed by atoms with Gasteiger partial charge in [0.25, 0.3) is 0 Å². The lowest BCUT2D eigenvalue weighted by atomic mass is 9.73. The molecule has 9 aliphatic rings. The van der Waals surface area contributed by atoms with E-state index in [1.54, 1.807) is 6.20 Å². The summed E-state index contributed by atoms with van der Waals surface area (Å²) in [5.74, 6) is 1.17. The van der Waals surface area contributed by atoms with E-state index in [9.17, 15) is 22.8 Å². The second kappa shape index (κ2) is 29.2. The number of carbonyl (C=O) groups excluding carboxylic acids is 3. The van der Waals surface area contributed by atoms with E-state index in [0.29, 0.717) is 57.6 Å². The molecule has 5 aromatic carbocycles. The molecule has 3 amide bonds. The number of benzene rings is 5. The molecule has 0 saturated carbocycles. The molecule has 104 heavy (non-hydrogen) atoms. The molecule has 20 rings (SSSR count). The number of H-pyrrole nitrogens is 5. The van der Waals surface area contributed by atoms with E-state index in [2.05, 4.69) is 117 Å². The monoisotopic (exact) mass is 1530 g/mol. The molecule has 9 saturated heterocycles. The number of anilines is 4.